The summed E-state index contributed by atoms with van der Waals surface area (Å²) in [6.07, 6.45) is 1.29. The number of nitrogens with one attached hydrogen (secondary N) is 1. The number of fused-ring (bicyclic) bond motifs is 9. The third-order valence-electron chi connectivity index (χ3n) is 12.4. The minimum Gasteiger partial charge on any atom is -0.456 e. The van der Waals surface area contributed by atoms with E-state index in [1.807, 2.05) is 12.1 Å². The lowest BCUT2D eigenvalue weighted by atomic mass is 9.95. The fourth-order valence-corrected chi connectivity index (χ4v) is 9.48. The Balaban J connectivity index is 1.02. The van der Waals surface area contributed by atoms with Crippen LogP contribution in [0.25, 0.3) is 88.2 Å². The quantitative estimate of drug-likeness (QED) is 0.189. The third-order valence-corrected chi connectivity index (χ3v) is 12.4. The lowest BCUT2D eigenvalue weighted by Gasteiger charge is -2.26. The average Bonchev–Trinajstić information content (AvgIpc) is 3.98. The summed E-state index contributed by atoms with van der Waals surface area (Å²) in [5, 5.41) is 10.8. The van der Waals surface area contributed by atoms with E-state index in [1.54, 1.807) is 0 Å². The molecule has 1 aliphatic heterocycles. The zero-order chi connectivity index (χ0) is 39.7. The summed E-state index contributed by atoms with van der Waals surface area (Å²) in [6.45, 7) is 2.24. The molecule has 0 fully saturated rings. The number of rotatable bonds is 5. The number of nitrogens with zero attached hydrogens (tertiary/aromatic N) is 2. The van der Waals surface area contributed by atoms with Gasteiger partial charge in [-0.3, -0.25) is 4.99 Å². The van der Waals surface area contributed by atoms with Crippen LogP contribution < -0.4 is 5.32 Å². The van der Waals surface area contributed by atoms with Crippen molar-refractivity contribution in [2.45, 2.75) is 25.9 Å². The van der Waals surface area contributed by atoms with Gasteiger partial charge >= 0.3 is 0 Å². The van der Waals surface area contributed by atoms with Crippen LogP contribution in [-0.2, 0) is 0 Å². The fourth-order valence-electron chi connectivity index (χ4n) is 9.48. The van der Waals surface area contributed by atoms with Crippen LogP contribution in [0.15, 0.2) is 201 Å². The molecule has 4 heterocycles. The van der Waals surface area contributed by atoms with E-state index in [9.17, 15) is 0 Å². The van der Waals surface area contributed by atoms with E-state index in [1.165, 1.54) is 27.4 Å². The number of hydrogen-bond donors (Lipinski definition) is 1. The van der Waals surface area contributed by atoms with Crippen molar-refractivity contribution in [1.29, 1.82) is 0 Å². The predicted molar refractivity (Wildman–Crippen MR) is 248 cm³/mol. The van der Waals surface area contributed by atoms with Crippen LogP contribution in [-0.4, -0.2) is 10.3 Å². The smallest absolute Gasteiger partial charge is 0.145 e. The van der Waals surface area contributed by atoms with E-state index >= 15 is 0 Å². The molecule has 1 unspecified atom stereocenters. The number of furan rings is 2. The number of benzene rings is 8. The molecule has 1 atom stereocenters. The number of aromatic nitrogens is 1. The lowest BCUT2D eigenvalue weighted by molar-refractivity contribution is 0.653. The molecule has 60 heavy (non-hydrogen) atoms. The second-order valence-corrected chi connectivity index (χ2v) is 15.9. The molecular weight excluding hydrogens is 735 g/mol. The van der Waals surface area contributed by atoms with E-state index in [0.717, 1.165) is 102 Å². The molecule has 0 amide bonds. The van der Waals surface area contributed by atoms with Gasteiger partial charge in [0.2, 0.25) is 0 Å². The number of para-hydroxylation sites is 4. The van der Waals surface area contributed by atoms with Gasteiger partial charge in [0.25, 0.3) is 0 Å². The first-order valence-corrected chi connectivity index (χ1v) is 20.7. The zero-order valence-corrected chi connectivity index (χ0v) is 33.0. The second kappa shape index (κ2) is 13.7. The summed E-state index contributed by atoms with van der Waals surface area (Å²) in [7, 11) is 0. The van der Waals surface area contributed by atoms with E-state index in [0.29, 0.717) is 0 Å². The highest BCUT2D eigenvalue weighted by Gasteiger charge is 2.25. The van der Waals surface area contributed by atoms with Crippen molar-refractivity contribution in [1.82, 2.24) is 9.88 Å². The first-order valence-electron chi connectivity index (χ1n) is 20.7. The first kappa shape index (κ1) is 34.4. The van der Waals surface area contributed by atoms with Crippen molar-refractivity contribution in [2.24, 2.45) is 4.99 Å². The SMILES string of the molecule is C/C1=C(/c2ccc3c(c2)oc2ccccc23)NC(c2cccc3oc4c(-c5ccc6c(c5)c5ccccc5n6-c5ccccc5)cccc4c23)N=C(c2ccccc2)CC1. The second-order valence-electron chi connectivity index (χ2n) is 15.9. The molecule has 11 aromatic rings. The molecule has 0 spiro atoms. The van der Waals surface area contributed by atoms with E-state index in [4.69, 9.17) is 13.8 Å². The van der Waals surface area contributed by atoms with Crippen LogP contribution in [0.4, 0.5) is 0 Å². The molecule has 3 aromatic heterocycles. The van der Waals surface area contributed by atoms with E-state index in [-0.39, 0.29) is 0 Å². The first-order chi connectivity index (χ1) is 29.7. The number of allylic oxidation sites excluding steroid dienone is 1. The van der Waals surface area contributed by atoms with Gasteiger partial charge in [0.15, 0.2) is 0 Å². The monoisotopic (exact) mass is 773 g/mol. The van der Waals surface area contributed by atoms with Gasteiger partial charge in [-0.2, -0.15) is 0 Å². The van der Waals surface area contributed by atoms with Gasteiger partial charge in [-0.25, -0.2) is 0 Å². The van der Waals surface area contributed by atoms with Gasteiger partial charge in [-0.15, -0.1) is 0 Å². The molecule has 1 aliphatic rings. The van der Waals surface area contributed by atoms with Crippen LogP contribution in [0.5, 0.6) is 0 Å². The summed E-state index contributed by atoms with van der Waals surface area (Å²) >= 11 is 0. The molecule has 0 saturated carbocycles. The van der Waals surface area contributed by atoms with Gasteiger partial charge in [-0.05, 0) is 91.1 Å². The molecule has 12 rings (SSSR count). The standard InChI is InChI=1S/C55H39N3O2/c1-34-26-30-46(35-14-4-2-5-15-35)56-55(57-53(34)37-27-29-42-41-19-9-11-24-49(41)59-51(42)33-37)44-22-13-25-50-52(44)43-21-12-20-39(54(43)60-50)36-28-31-48-45(32-36)40-18-8-10-23-47(40)58(48)38-16-6-3-7-17-38/h2-25,27-29,31-33,55,57H,26,30H2,1H3/b53-34+,56-46?. The Bertz CT molecular complexity index is 3530. The Labute approximate surface area is 346 Å². The van der Waals surface area contributed by atoms with Crippen molar-refractivity contribution in [2.75, 3.05) is 0 Å². The molecule has 0 saturated heterocycles. The van der Waals surface area contributed by atoms with E-state index < -0.39 is 6.17 Å². The minimum atomic E-state index is -0.398. The van der Waals surface area contributed by atoms with Crippen LogP contribution in [0.3, 0.4) is 0 Å². The third kappa shape index (κ3) is 5.50. The summed E-state index contributed by atoms with van der Waals surface area (Å²) in [5.41, 5.74) is 15.9. The molecular formula is C55H39N3O2. The molecule has 1 N–H and O–H groups in total. The number of aliphatic imine (C=N–C) groups is 1. The summed E-state index contributed by atoms with van der Waals surface area (Å²) < 4.78 is 15.6. The highest BCUT2D eigenvalue weighted by Crippen LogP contribution is 2.42. The highest BCUT2D eigenvalue weighted by atomic mass is 16.3. The topological polar surface area (TPSA) is 55.6 Å². The highest BCUT2D eigenvalue weighted by molar-refractivity contribution is 6.14. The lowest BCUT2D eigenvalue weighted by Crippen LogP contribution is -2.23. The van der Waals surface area contributed by atoms with Crippen molar-refractivity contribution in [3.8, 4) is 16.8 Å². The predicted octanol–water partition coefficient (Wildman–Crippen LogP) is 14.6. The van der Waals surface area contributed by atoms with Gasteiger partial charge in [0, 0.05) is 66.1 Å². The number of hydrogen-bond acceptors (Lipinski definition) is 4. The zero-order valence-electron chi connectivity index (χ0n) is 33.0. The molecule has 5 heteroatoms. The maximum absolute atomic E-state index is 6.91. The Kier molecular flexibility index (Phi) is 7.88. The van der Waals surface area contributed by atoms with Crippen LogP contribution in [0.1, 0.15) is 42.6 Å². The Morgan fingerprint density at radius 1 is 0.517 bits per heavy atom. The van der Waals surface area contributed by atoms with Crippen LogP contribution in [0, 0.1) is 0 Å². The van der Waals surface area contributed by atoms with Crippen molar-refractivity contribution in [3.05, 3.63) is 204 Å². The maximum atomic E-state index is 6.91. The van der Waals surface area contributed by atoms with Crippen molar-refractivity contribution in [3.63, 3.8) is 0 Å². The van der Waals surface area contributed by atoms with Gasteiger partial charge in [-0.1, -0.05) is 127 Å². The summed E-state index contributed by atoms with van der Waals surface area (Å²) in [5.74, 6) is 0. The summed E-state index contributed by atoms with van der Waals surface area (Å²) in [6, 6.07) is 64.4. The largest absolute Gasteiger partial charge is 0.456 e. The van der Waals surface area contributed by atoms with Gasteiger partial charge < -0.3 is 18.7 Å². The molecule has 8 aromatic carbocycles. The van der Waals surface area contributed by atoms with Crippen LogP contribution in [0.2, 0.25) is 0 Å². The molecule has 286 valence electrons. The minimum absolute atomic E-state index is 0.398. The Morgan fingerprint density at radius 3 is 2.10 bits per heavy atom. The summed E-state index contributed by atoms with van der Waals surface area (Å²) in [4.78, 5) is 5.59. The van der Waals surface area contributed by atoms with E-state index in [2.05, 4.69) is 187 Å². The molecule has 5 nitrogen and oxygen atoms in total. The Morgan fingerprint density at radius 2 is 1.22 bits per heavy atom. The maximum Gasteiger partial charge on any atom is 0.145 e. The normalized spacial score (nSPS) is 16.1. The van der Waals surface area contributed by atoms with Crippen molar-refractivity contribution >= 4 is 77.1 Å². The van der Waals surface area contributed by atoms with Crippen molar-refractivity contribution < 1.29 is 8.83 Å². The van der Waals surface area contributed by atoms with Gasteiger partial charge in [0.1, 0.15) is 28.5 Å². The molecule has 0 radical (unpaired) electrons. The molecule has 0 bridgehead atoms. The molecule has 0 aliphatic carbocycles. The fraction of sp³-hybridized carbons (Fsp3) is 0.0727. The van der Waals surface area contributed by atoms with Gasteiger partial charge in [0.05, 0.1) is 11.0 Å². The van der Waals surface area contributed by atoms with Crippen LogP contribution >= 0.6 is 0 Å². The Hall–Kier alpha value is -7.63. The average molecular weight is 774 g/mol.